The minimum Gasteiger partial charge on any atom is -0.496 e. The minimum atomic E-state index is -0.380. The highest BCUT2D eigenvalue weighted by atomic mass is 18.2. The second-order valence-corrected chi connectivity index (χ2v) is 6.92. The molecule has 0 N–H and O–H groups in total. The van der Waals surface area contributed by atoms with E-state index in [-0.39, 0.29) is 30.5 Å². The van der Waals surface area contributed by atoms with Crippen molar-refractivity contribution in [1.29, 1.82) is 0 Å². The van der Waals surface area contributed by atoms with Gasteiger partial charge in [-0.3, -0.25) is 4.79 Å². The third-order valence-corrected chi connectivity index (χ3v) is 5.89. The van der Waals surface area contributed by atoms with Gasteiger partial charge in [0.1, 0.15) is 12.4 Å². The number of amides is 1. The number of rotatable bonds is 6. The van der Waals surface area contributed by atoms with E-state index in [1.807, 2.05) is 36.9 Å². The molecule has 0 spiro atoms. The average molecular weight is 347 g/mol. The molecule has 1 heterocycles. The Bertz CT molecular complexity index is 618. The number of methoxy groups -OCH3 is 1. The normalized spacial score (nSPS) is 24.6. The fraction of sp³-hybridized carbons (Fsp3) is 0.650. The van der Waals surface area contributed by atoms with Crippen LogP contribution in [0.3, 0.4) is 0 Å². The van der Waals surface area contributed by atoms with Crippen LogP contribution in [0.25, 0.3) is 0 Å². The molecule has 25 heavy (non-hydrogen) atoms. The molecular formula is C20H29FN2O2. The van der Waals surface area contributed by atoms with Gasteiger partial charge < -0.3 is 14.5 Å². The molecule has 1 aliphatic carbocycles. The Morgan fingerprint density at radius 1 is 1.32 bits per heavy atom. The van der Waals surface area contributed by atoms with E-state index in [2.05, 4.69) is 4.90 Å². The Kier molecular flexibility index (Phi) is 5.50. The summed E-state index contributed by atoms with van der Waals surface area (Å²) in [6.45, 7) is 5.52. The van der Waals surface area contributed by atoms with Gasteiger partial charge in [-0.15, -0.1) is 0 Å². The molecule has 1 aliphatic heterocycles. The van der Waals surface area contributed by atoms with Gasteiger partial charge in [0, 0.05) is 48.8 Å². The number of anilines is 1. The summed E-state index contributed by atoms with van der Waals surface area (Å²) in [5.41, 5.74) is 2.15. The van der Waals surface area contributed by atoms with Gasteiger partial charge in [-0.05, 0) is 38.8 Å². The van der Waals surface area contributed by atoms with Crippen molar-refractivity contribution in [3.63, 3.8) is 0 Å². The number of alkyl halides is 1. The molecule has 0 bridgehead atoms. The van der Waals surface area contributed by atoms with E-state index >= 15 is 0 Å². The first-order chi connectivity index (χ1) is 12.2. The van der Waals surface area contributed by atoms with Crippen LogP contribution in [0.2, 0.25) is 0 Å². The summed E-state index contributed by atoms with van der Waals surface area (Å²) in [5, 5.41) is 0. The second-order valence-electron chi connectivity index (χ2n) is 6.92. The molecule has 2 aliphatic rings. The lowest BCUT2D eigenvalue weighted by molar-refractivity contribution is -0.137. The number of ether oxygens (including phenoxy) is 1. The molecule has 1 saturated carbocycles. The summed E-state index contributed by atoms with van der Waals surface area (Å²) in [6, 6.07) is 6.16. The molecule has 0 saturated heterocycles. The fourth-order valence-corrected chi connectivity index (χ4v) is 4.82. The molecule has 3 unspecified atom stereocenters. The van der Waals surface area contributed by atoms with Crippen molar-refractivity contribution in [3.05, 3.63) is 23.8 Å². The van der Waals surface area contributed by atoms with Crippen molar-refractivity contribution >= 4 is 11.6 Å². The van der Waals surface area contributed by atoms with E-state index in [0.29, 0.717) is 6.54 Å². The summed E-state index contributed by atoms with van der Waals surface area (Å²) in [7, 11) is 1.67. The van der Waals surface area contributed by atoms with Gasteiger partial charge in [0.25, 0.3) is 0 Å². The largest absolute Gasteiger partial charge is 0.496 e. The van der Waals surface area contributed by atoms with Crippen LogP contribution < -0.4 is 9.64 Å². The molecular weight excluding hydrogens is 318 g/mol. The highest BCUT2D eigenvalue weighted by molar-refractivity contribution is 5.82. The van der Waals surface area contributed by atoms with Gasteiger partial charge in [0.15, 0.2) is 0 Å². The summed E-state index contributed by atoms with van der Waals surface area (Å²) < 4.78 is 18.9. The number of fused-ring (bicyclic) bond motifs is 3. The molecule has 3 atom stereocenters. The van der Waals surface area contributed by atoms with E-state index in [1.54, 1.807) is 7.11 Å². The minimum absolute atomic E-state index is 0.0432. The lowest BCUT2D eigenvalue weighted by Crippen LogP contribution is -2.46. The Labute approximate surface area is 149 Å². The van der Waals surface area contributed by atoms with Gasteiger partial charge >= 0.3 is 0 Å². The molecule has 0 radical (unpaired) electrons. The number of carbonyl (C=O) groups excluding carboxylic acids is 1. The zero-order valence-electron chi connectivity index (χ0n) is 15.5. The second kappa shape index (κ2) is 7.63. The van der Waals surface area contributed by atoms with Crippen molar-refractivity contribution in [2.75, 3.05) is 38.3 Å². The van der Waals surface area contributed by atoms with Crippen LogP contribution in [0, 0.1) is 5.92 Å². The lowest BCUT2D eigenvalue weighted by Gasteiger charge is -2.39. The number of carbonyl (C=O) groups is 1. The summed E-state index contributed by atoms with van der Waals surface area (Å²) in [4.78, 5) is 17.3. The maximum Gasteiger partial charge on any atom is 0.226 e. The first-order valence-corrected chi connectivity index (χ1v) is 9.46. The molecule has 4 nitrogen and oxygen atoms in total. The van der Waals surface area contributed by atoms with E-state index in [1.165, 1.54) is 0 Å². The van der Waals surface area contributed by atoms with Crippen LogP contribution in [0.4, 0.5) is 10.1 Å². The molecule has 1 aromatic carbocycles. The molecule has 3 rings (SSSR count). The van der Waals surface area contributed by atoms with Gasteiger partial charge in [-0.25, -0.2) is 4.39 Å². The quantitative estimate of drug-likeness (QED) is 0.788. The van der Waals surface area contributed by atoms with E-state index in [4.69, 9.17) is 4.74 Å². The highest BCUT2D eigenvalue weighted by Gasteiger charge is 2.48. The molecule has 0 aromatic heterocycles. The molecule has 1 amide bonds. The molecule has 1 aromatic rings. The summed E-state index contributed by atoms with van der Waals surface area (Å²) in [5.74, 6) is 1.12. The van der Waals surface area contributed by atoms with Crippen LogP contribution in [-0.2, 0) is 4.79 Å². The Hall–Kier alpha value is -1.78. The number of halogens is 1. The predicted octanol–water partition coefficient (Wildman–Crippen LogP) is 3.61. The number of benzene rings is 1. The van der Waals surface area contributed by atoms with Crippen molar-refractivity contribution in [2.45, 2.75) is 45.1 Å². The average Bonchev–Trinajstić information content (AvgIpc) is 2.97. The van der Waals surface area contributed by atoms with Gasteiger partial charge in [0.05, 0.1) is 7.11 Å². The van der Waals surface area contributed by atoms with Crippen molar-refractivity contribution in [2.24, 2.45) is 5.92 Å². The van der Waals surface area contributed by atoms with E-state index in [9.17, 15) is 9.18 Å². The third kappa shape index (κ3) is 2.98. The summed E-state index contributed by atoms with van der Waals surface area (Å²) >= 11 is 0. The highest BCUT2D eigenvalue weighted by Crippen LogP contribution is 2.53. The molecule has 1 fully saturated rings. The third-order valence-electron chi connectivity index (χ3n) is 5.89. The number of hydrogen-bond acceptors (Lipinski definition) is 3. The Morgan fingerprint density at radius 3 is 2.72 bits per heavy atom. The number of hydrogen-bond donors (Lipinski definition) is 0. The van der Waals surface area contributed by atoms with E-state index < -0.39 is 0 Å². The van der Waals surface area contributed by atoms with Crippen LogP contribution in [-0.4, -0.2) is 50.3 Å². The molecule has 5 heteroatoms. The van der Waals surface area contributed by atoms with Gasteiger partial charge in [-0.1, -0.05) is 12.5 Å². The van der Waals surface area contributed by atoms with Crippen LogP contribution in [0.5, 0.6) is 5.75 Å². The van der Waals surface area contributed by atoms with Crippen molar-refractivity contribution in [3.8, 4) is 5.75 Å². The van der Waals surface area contributed by atoms with Crippen LogP contribution >= 0.6 is 0 Å². The SMILES string of the molecule is CCN(CC)C(=O)C1CCCC2C1c1c(OC)cccc1N2CC[18F]. The predicted molar refractivity (Wildman–Crippen MR) is 98.1 cm³/mol. The molecule has 138 valence electrons. The zero-order valence-corrected chi connectivity index (χ0v) is 15.5. The maximum atomic E-state index is 13.2. The standard InChI is InChI=1S/C20H29FN2O2/c1-4-22(5-2)20(24)14-8-6-9-15-18(14)19-16(23(15)13-12-21)10-7-11-17(19)25-3/h7,10-11,14-15,18H,4-6,8-9,12-13H2,1-3H3/i21-1. The fourth-order valence-electron chi connectivity index (χ4n) is 4.82. The van der Waals surface area contributed by atoms with Crippen molar-refractivity contribution < 1.29 is 13.9 Å². The topological polar surface area (TPSA) is 32.8 Å². The zero-order chi connectivity index (χ0) is 18.0. The summed E-state index contributed by atoms with van der Waals surface area (Å²) in [6.07, 6.45) is 2.92. The van der Waals surface area contributed by atoms with Gasteiger partial charge in [0.2, 0.25) is 5.91 Å². The first kappa shape index (κ1) is 18.0. The first-order valence-electron chi connectivity index (χ1n) is 9.46. The smallest absolute Gasteiger partial charge is 0.226 e. The lowest BCUT2D eigenvalue weighted by atomic mass is 9.73. The Balaban J connectivity index is 2.04. The van der Waals surface area contributed by atoms with Crippen LogP contribution in [0.1, 0.15) is 44.6 Å². The number of nitrogens with zero attached hydrogens (tertiary/aromatic N) is 2. The Morgan fingerprint density at radius 2 is 2.08 bits per heavy atom. The van der Waals surface area contributed by atoms with Crippen molar-refractivity contribution in [1.82, 2.24) is 4.90 Å². The van der Waals surface area contributed by atoms with E-state index in [0.717, 1.165) is 49.4 Å². The monoisotopic (exact) mass is 347 g/mol. The van der Waals surface area contributed by atoms with Crippen LogP contribution in [0.15, 0.2) is 18.2 Å². The van der Waals surface area contributed by atoms with Gasteiger partial charge in [-0.2, -0.15) is 0 Å². The maximum absolute atomic E-state index is 13.2.